The van der Waals surface area contributed by atoms with Crippen LogP contribution in [0.2, 0.25) is 0 Å². The Hall–Kier alpha value is -3.91. The van der Waals surface area contributed by atoms with Gasteiger partial charge >= 0.3 is 12.2 Å². The molecule has 9 nitrogen and oxygen atoms in total. The number of likely N-dealkylation sites (tertiary alicyclic amines) is 1. The smallest absolute Gasteiger partial charge is 0.417 e. The monoisotopic (exact) mass is 717 g/mol. The number of ether oxygens (including phenoxy) is 1. The molecule has 0 amide bonds. The van der Waals surface area contributed by atoms with E-state index in [1.54, 1.807) is 4.90 Å². The van der Waals surface area contributed by atoms with Crippen molar-refractivity contribution in [2.24, 2.45) is 0 Å². The molecule has 16 heteroatoms. The number of fused-ring (bicyclic) bond motifs is 4. The summed E-state index contributed by atoms with van der Waals surface area (Å²) in [7, 11) is 0. The Balaban J connectivity index is 1.32. The van der Waals surface area contributed by atoms with Crippen LogP contribution in [0.1, 0.15) is 50.2 Å². The zero-order valence-corrected chi connectivity index (χ0v) is 27.7. The van der Waals surface area contributed by atoms with Gasteiger partial charge in [0, 0.05) is 48.4 Å². The van der Waals surface area contributed by atoms with E-state index in [2.05, 4.69) is 9.97 Å². The van der Waals surface area contributed by atoms with Crippen LogP contribution in [0.3, 0.4) is 0 Å². The van der Waals surface area contributed by atoms with E-state index in [4.69, 9.17) is 10.5 Å². The molecule has 0 saturated carbocycles. The first-order valence-corrected chi connectivity index (χ1v) is 17.4. The van der Waals surface area contributed by atoms with Crippen molar-refractivity contribution < 1.29 is 36.2 Å². The van der Waals surface area contributed by atoms with Gasteiger partial charge < -0.3 is 20.5 Å². The lowest BCUT2D eigenvalue weighted by molar-refractivity contribution is -0.137. The molecule has 4 aliphatic rings. The molecule has 0 bridgehead atoms. The van der Waals surface area contributed by atoms with Crippen LogP contribution in [0.4, 0.5) is 37.2 Å². The zero-order chi connectivity index (χ0) is 35.3. The quantitative estimate of drug-likeness (QED) is 0.216. The number of alkyl halides is 4. The van der Waals surface area contributed by atoms with E-state index in [9.17, 15) is 32.3 Å². The number of nitrogens with zero attached hydrogens (tertiary/aromatic N) is 6. The van der Waals surface area contributed by atoms with Gasteiger partial charge in [-0.25, -0.2) is 13.2 Å². The molecular weight excluding hydrogens is 684 g/mol. The highest BCUT2D eigenvalue weighted by atomic mass is 32.1. The van der Waals surface area contributed by atoms with Gasteiger partial charge in [0.2, 0.25) is 0 Å². The highest BCUT2D eigenvalue weighted by Crippen LogP contribution is 2.49. The third-order valence-corrected chi connectivity index (χ3v) is 12.0. The molecule has 4 fully saturated rings. The Morgan fingerprint density at radius 3 is 2.74 bits per heavy atom. The van der Waals surface area contributed by atoms with Crippen LogP contribution in [0.25, 0.3) is 32.1 Å². The number of aromatic nitrogens is 2. The molecule has 50 heavy (non-hydrogen) atoms. The van der Waals surface area contributed by atoms with Gasteiger partial charge in [0.25, 0.3) is 0 Å². The minimum absolute atomic E-state index is 0.00823. The number of nitrogen functional groups attached to an aromatic ring is 1. The average Bonchev–Trinajstić information content (AvgIpc) is 3.79. The predicted octanol–water partition coefficient (Wildman–Crippen LogP) is 6.21. The fraction of sp³-hybridized carbons (Fsp3) is 0.500. The maximum absolute atomic E-state index is 17.1. The molecule has 5 atom stereocenters. The van der Waals surface area contributed by atoms with Crippen molar-refractivity contribution in [3.05, 3.63) is 41.0 Å². The summed E-state index contributed by atoms with van der Waals surface area (Å²) in [5.74, 6) is -2.11. The molecule has 4 aliphatic heterocycles. The van der Waals surface area contributed by atoms with E-state index in [-0.39, 0.29) is 75.1 Å². The van der Waals surface area contributed by atoms with E-state index in [0.29, 0.717) is 50.2 Å². The number of nitrogens with two attached hydrogens (primary N) is 1. The first-order valence-electron chi connectivity index (χ1n) is 16.6. The molecule has 2 aromatic carbocycles. The Labute approximate surface area is 286 Å². The summed E-state index contributed by atoms with van der Waals surface area (Å²) in [4.78, 5) is 14.7. The van der Waals surface area contributed by atoms with Crippen molar-refractivity contribution >= 4 is 43.1 Å². The summed E-state index contributed by atoms with van der Waals surface area (Å²) < 4.78 is 97.4. The number of aliphatic hydroxyl groups is 1. The molecule has 0 spiro atoms. The first-order chi connectivity index (χ1) is 23.8. The molecule has 264 valence electrons. The molecule has 4 saturated heterocycles. The summed E-state index contributed by atoms with van der Waals surface area (Å²) in [5.41, 5.74) is 2.04. The van der Waals surface area contributed by atoms with Crippen molar-refractivity contribution in [2.45, 2.75) is 75.2 Å². The number of nitriles is 1. The number of rotatable bonds is 7. The molecule has 5 unspecified atom stereocenters. The number of anilines is 2. The molecule has 0 radical (unpaired) electrons. The van der Waals surface area contributed by atoms with E-state index in [1.165, 1.54) is 0 Å². The standard InChI is InChI=1S/C34H33F6N7O2S/c1-2-24(48)46-9-6-22-23(46)14-47(22)31-18-10-20(34(38,39)40)26(17-4-5-21(36)29-25(17)19(12-41)30(42)50-29)27(37)28(18)43-32(44-31)49-15-33-7-3-8-45(33)13-16(35)11-33/h4-5,10,16,22-24,48H,2-3,6-9,11,13-15,42H2,1H3. The number of halogens is 6. The summed E-state index contributed by atoms with van der Waals surface area (Å²) in [6, 6.07) is 3.99. The van der Waals surface area contributed by atoms with Crippen molar-refractivity contribution in [3.63, 3.8) is 0 Å². The molecule has 8 rings (SSSR count). The van der Waals surface area contributed by atoms with Gasteiger partial charge in [-0.1, -0.05) is 13.0 Å². The SMILES string of the molecule is CCC(O)N1CCC2C1CN2c1nc(OCC23CCCN2CC(F)C3)nc2c(F)c(-c3ccc(F)c4sc(N)c(C#N)c34)c(C(F)(F)F)cc12. The zero-order valence-electron chi connectivity index (χ0n) is 26.9. The highest BCUT2D eigenvalue weighted by Gasteiger charge is 2.51. The molecule has 6 heterocycles. The lowest BCUT2D eigenvalue weighted by Crippen LogP contribution is -2.63. The van der Waals surface area contributed by atoms with Gasteiger partial charge in [0.15, 0.2) is 5.82 Å². The third-order valence-electron chi connectivity index (χ3n) is 11.0. The van der Waals surface area contributed by atoms with E-state index in [1.807, 2.05) is 22.8 Å². The Kier molecular flexibility index (Phi) is 7.86. The Bertz CT molecular complexity index is 2070. The first kappa shape index (κ1) is 33.2. The predicted molar refractivity (Wildman–Crippen MR) is 175 cm³/mol. The van der Waals surface area contributed by atoms with E-state index < -0.39 is 52.4 Å². The molecule has 4 aromatic rings. The van der Waals surface area contributed by atoms with Crippen LogP contribution in [-0.4, -0.2) is 87.7 Å². The summed E-state index contributed by atoms with van der Waals surface area (Å²) in [6.45, 7) is 3.72. The van der Waals surface area contributed by atoms with Crippen LogP contribution < -0.4 is 15.4 Å². The number of hydrogen-bond acceptors (Lipinski definition) is 10. The summed E-state index contributed by atoms with van der Waals surface area (Å²) in [6.07, 6.45) is -3.94. The van der Waals surface area contributed by atoms with Gasteiger partial charge in [-0.05, 0) is 49.9 Å². The minimum atomic E-state index is -5.09. The van der Waals surface area contributed by atoms with Gasteiger partial charge in [0.05, 0.1) is 27.4 Å². The van der Waals surface area contributed by atoms with Gasteiger partial charge in [-0.3, -0.25) is 9.80 Å². The van der Waals surface area contributed by atoms with Crippen molar-refractivity contribution in [1.82, 2.24) is 19.8 Å². The fourth-order valence-corrected chi connectivity index (χ4v) is 9.56. The second-order valence-electron chi connectivity index (χ2n) is 13.7. The van der Waals surface area contributed by atoms with Crippen LogP contribution in [-0.2, 0) is 6.18 Å². The van der Waals surface area contributed by atoms with Crippen molar-refractivity contribution in [1.29, 1.82) is 5.26 Å². The number of aliphatic hydroxyl groups excluding tert-OH is 1. The van der Waals surface area contributed by atoms with Crippen LogP contribution in [0.15, 0.2) is 18.2 Å². The van der Waals surface area contributed by atoms with E-state index >= 15 is 4.39 Å². The minimum Gasteiger partial charge on any atom is -0.461 e. The van der Waals surface area contributed by atoms with Crippen molar-refractivity contribution in [2.75, 3.05) is 43.4 Å². The number of hydrogen-bond donors (Lipinski definition) is 2. The van der Waals surface area contributed by atoms with Gasteiger partial charge in [-0.15, -0.1) is 11.3 Å². The fourth-order valence-electron chi connectivity index (χ4n) is 8.62. The van der Waals surface area contributed by atoms with Crippen LogP contribution >= 0.6 is 11.3 Å². The Morgan fingerprint density at radius 2 is 2.00 bits per heavy atom. The molecule has 0 aliphatic carbocycles. The van der Waals surface area contributed by atoms with Gasteiger partial charge in [0.1, 0.15) is 47.2 Å². The second-order valence-corrected chi connectivity index (χ2v) is 14.7. The van der Waals surface area contributed by atoms with Crippen LogP contribution in [0.5, 0.6) is 6.01 Å². The number of benzene rings is 2. The largest absolute Gasteiger partial charge is 0.461 e. The summed E-state index contributed by atoms with van der Waals surface area (Å²) in [5, 5.41) is 19.8. The van der Waals surface area contributed by atoms with Gasteiger partial charge in [-0.2, -0.15) is 28.4 Å². The maximum Gasteiger partial charge on any atom is 0.417 e. The number of thiophene rings is 1. The molecule has 2 aromatic heterocycles. The molecule has 3 N–H and O–H groups in total. The Morgan fingerprint density at radius 1 is 1.20 bits per heavy atom. The van der Waals surface area contributed by atoms with Crippen molar-refractivity contribution in [3.8, 4) is 23.2 Å². The highest BCUT2D eigenvalue weighted by molar-refractivity contribution is 7.23. The molecular formula is C34H33F6N7O2S. The summed E-state index contributed by atoms with van der Waals surface area (Å²) >= 11 is 0.691. The van der Waals surface area contributed by atoms with Crippen LogP contribution in [0, 0.1) is 23.0 Å². The van der Waals surface area contributed by atoms with E-state index in [0.717, 1.165) is 24.6 Å². The lowest BCUT2D eigenvalue weighted by atomic mass is 9.91. The topological polar surface area (TPSA) is 115 Å². The third kappa shape index (κ3) is 4.99. The second kappa shape index (κ2) is 11.8. The average molecular weight is 718 g/mol. The lowest BCUT2D eigenvalue weighted by Gasteiger charge is -2.48. The maximum atomic E-state index is 17.1. The normalized spacial score (nSPS) is 26.0.